The average Bonchev–Trinajstić information content (AvgIpc) is 3.46. The SMILES string of the molecule is O=C(CN[C@H](c1ccccc1)c1cc2ccccc2o1)Nc1ccc(N2CCCC2=O)cc1. The molecule has 2 N–H and O–H groups in total. The van der Waals surface area contributed by atoms with E-state index in [2.05, 4.69) is 10.6 Å². The van der Waals surface area contributed by atoms with Crippen LogP contribution in [0.25, 0.3) is 11.0 Å². The van der Waals surface area contributed by atoms with Crippen molar-refractivity contribution < 1.29 is 14.0 Å². The summed E-state index contributed by atoms with van der Waals surface area (Å²) in [5.74, 6) is 0.750. The Balaban J connectivity index is 1.27. The molecule has 2 amide bonds. The number of anilines is 2. The van der Waals surface area contributed by atoms with Crippen molar-refractivity contribution in [3.05, 3.63) is 96.3 Å². The van der Waals surface area contributed by atoms with E-state index in [0.717, 1.165) is 40.9 Å². The van der Waals surface area contributed by atoms with Crippen LogP contribution in [0.15, 0.2) is 89.3 Å². The number of nitrogens with zero attached hydrogens (tertiary/aromatic N) is 1. The van der Waals surface area contributed by atoms with Crippen molar-refractivity contribution in [3.8, 4) is 0 Å². The molecule has 0 aliphatic carbocycles. The molecule has 1 fully saturated rings. The quantitative estimate of drug-likeness (QED) is 0.431. The number of hydrogen-bond acceptors (Lipinski definition) is 4. The van der Waals surface area contributed by atoms with Gasteiger partial charge in [0.15, 0.2) is 0 Å². The van der Waals surface area contributed by atoms with Gasteiger partial charge in [-0.25, -0.2) is 0 Å². The van der Waals surface area contributed by atoms with E-state index >= 15 is 0 Å². The lowest BCUT2D eigenvalue weighted by molar-refractivity contribution is -0.117. The molecule has 3 aromatic carbocycles. The topological polar surface area (TPSA) is 74.6 Å². The minimum absolute atomic E-state index is 0.114. The van der Waals surface area contributed by atoms with E-state index < -0.39 is 0 Å². The van der Waals surface area contributed by atoms with Crippen molar-refractivity contribution in [2.45, 2.75) is 18.9 Å². The number of amides is 2. The Labute approximate surface area is 192 Å². The molecule has 5 rings (SSSR count). The highest BCUT2D eigenvalue weighted by Crippen LogP contribution is 2.28. The smallest absolute Gasteiger partial charge is 0.238 e. The molecule has 1 atom stereocenters. The van der Waals surface area contributed by atoms with Crippen LogP contribution in [0.2, 0.25) is 0 Å². The molecule has 1 aliphatic rings. The predicted molar refractivity (Wildman–Crippen MR) is 129 cm³/mol. The lowest BCUT2D eigenvalue weighted by atomic mass is 10.0. The first kappa shape index (κ1) is 21.0. The third kappa shape index (κ3) is 4.66. The maximum atomic E-state index is 12.7. The van der Waals surface area contributed by atoms with Gasteiger partial charge in [-0.05, 0) is 48.4 Å². The molecule has 1 aliphatic heterocycles. The van der Waals surface area contributed by atoms with Gasteiger partial charge in [0.2, 0.25) is 11.8 Å². The van der Waals surface area contributed by atoms with Crippen molar-refractivity contribution in [1.29, 1.82) is 0 Å². The van der Waals surface area contributed by atoms with E-state index in [4.69, 9.17) is 4.42 Å². The van der Waals surface area contributed by atoms with Crippen LogP contribution in [0.3, 0.4) is 0 Å². The summed E-state index contributed by atoms with van der Waals surface area (Å²) in [5.41, 5.74) is 3.39. The zero-order valence-corrected chi connectivity index (χ0v) is 18.2. The van der Waals surface area contributed by atoms with Crippen molar-refractivity contribution in [2.24, 2.45) is 0 Å². The lowest BCUT2D eigenvalue weighted by Crippen LogP contribution is -2.31. The van der Waals surface area contributed by atoms with Gasteiger partial charge in [-0.3, -0.25) is 14.9 Å². The van der Waals surface area contributed by atoms with Crippen LogP contribution in [0.4, 0.5) is 11.4 Å². The zero-order chi connectivity index (χ0) is 22.6. The van der Waals surface area contributed by atoms with Crippen LogP contribution in [-0.2, 0) is 9.59 Å². The van der Waals surface area contributed by atoms with Gasteiger partial charge in [0.1, 0.15) is 11.3 Å². The third-order valence-electron chi connectivity index (χ3n) is 5.86. The van der Waals surface area contributed by atoms with E-state index in [1.165, 1.54) is 0 Å². The van der Waals surface area contributed by atoms with Crippen molar-refractivity contribution >= 4 is 34.2 Å². The standard InChI is InChI=1S/C27H25N3O3/c31-25(29-21-12-14-22(15-13-21)30-16-6-11-26(30)32)18-28-27(19-7-2-1-3-8-19)24-17-20-9-4-5-10-23(20)33-24/h1-5,7-10,12-15,17,27-28H,6,11,16,18H2,(H,29,31)/t27-/m1/s1. The number of furan rings is 1. The molecule has 6 heteroatoms. The summed E-state index contributed by atoms with van der Waals surface area (Å²) in [6.45, 7) is 0.861. The normalized spacial score (nSPS) is 14.5. The molecular formula is C27H25N3O3. The summed E-state index contributed by atoms with van der Waals surface area (Å²) in [6.07, 6.45) is 1.48. The summed E-state index contributed by atoms with van der Waals surface area (Å²) in [6, 6.07) is 26.9. The monoisotopic (exact) mass is 439 g/mol. The lowest BCUT2D eigenvalue weighted by Gasteiger charge is -2.18. The fraction of sp³-hybridized carbons (Fsp3) is 0.185. The first-order chi connectivity index (χ1) is 16.2. The Morgan fingerprint density at radius 1 is 0.970 bits per heavy atom. The van der Waals surface area contributed by atoms with E-state index in [1.54, 1.807) is 4.90 Å². The van der Waals surface area contributed by atoms with Gasteiger partial charge >= 0.3 is 0 Å². The maximum Gasteiger partial charge on any atom is 0.238 e. The molecule has 0 bridgehead atoms. The molecule has 166 valence electrons. The van der Waals surface area contributed by atoms with Gasteiger partial charge in [0.05, 0.1) is 12.6 Å². The average molecular weight is 440 g/mol. The number of rotatable bonds is 7. The van der Waals surface area contributed by atoms with E-state index in [-0.39, 0.29) is 24.4 Å². The van der Waals surface area contributed by atoms with E-state index in [9.17, 15) is 9.59 Å². The summed E-state index contributed by atoms with van der Waals surface area (Å²) in [4.78, 5) is 26.4. The van der Waals surface area contributed by atoms with Crippen molar-refractivity contribution in [3.63, 3.8) is 0 Å². The second-order valence-electron chi connectivity index (χ2n) is 8.16. The fourth-order valence-electron chi connectivity index (χ4n) is 4.22. The fourth-order valence-corrected chi connectivity index (χ4v) is 4.22. The molecule has 6 nitrogen and oxygen atoms in total. The van der Waals surface area contributed by atoms with Crippen molar-refractivity contribution in [2.75, 3.05) is 23.3 Å². The highest BCUT2D eigenvalue weighted by atomic mass is 16.3. The highest BCUT2D eigenvalue weighted by molar-refractivity contribution is 5.96. The minimum atomic E-state index is -0.257. The van der Waals surface area contributed by atoms with Gasteiger partial charge in [0.25, 0.3) is 0 Å². The number of carbonyl (C=O) groups is 2. The minimum Gasteiger partial charge on any atom is -0.459 e. The number of hydrogen-bond donors (Lipinski definition) is 2. The van der Waals surface area contributed by atoms with Gasteiger partial charge in [-0.2, -0.15) is 0 Å². The van der Waals surface area contributed by atoms with E-state index in [1.807, 2.05) is 84.9 Å². The summed E-state index contributed by atoms with van der Waals surface area (Å²) in [7, 11) is 0. The zero-order valence-electron chi connectivity index (χ0n) is 18.2. The molecule has 1 saturated heterocycles. The van der Waals surface area contributed by atoms with Crippen LogP contribution < -0.4 is 15.5 Å². The molecule has 0 unspecified atom stereocenters. The van der Waals surface area contributed by atoms with Crippen molar-refractivity contribution in [1.82, 2.24) is 5.32 Å². The molecular weight excluding hydrogens is 414 g/mol. The van der Waals surface area contributed by atoms with Gasteiger partial charge in [0, 0.05) is 29.7 Å². The predicted octanol–water partition coefficient (Wildman–Crippen LogP) is 4.88. The summed E-state index contributed by atoms with van der Waals surface area (Å²) < 4.78 is 6.08. The van der Waals surface area contributed by atoms with Crippen LogP contribution in [0.1, 0.15) is 30.2 Å². The molecule has 4 aromatic rings. The second-order valence-corrected chi connectivity index (χ2v) is 8.16. The van der Waals surface area contributed by atoms with E-state index in [0.29, 0.717) is 12.1 Å². The first-order valence-electron chi connectivity index (χ1n) is 11.1. The second kappa shape index (κ2) is 9.30. The highest BCUT2D eigenvalue weighted by Gasteiger charge is 2.22. The Morgan fingerprint density at radius 3 is 2.45 bits per heavy atom. The maximum absolute atomic E-state index is 12.7. The molecule has 2 heterocycles. The number of benzene rings is 3. The third-order valence-corrected chi connectivity index (χ3v) is 5.86. The Morgan fingerprint density at radius 2 is 1.73 bits per heavy atom. The Kier molecular flexibility index (Phi) is 5.91. The number of nitrogens with one attached hydrogen (secondary N) is 2. The summed E-state index contributed by atoms with van der Waals surface area (Å²) >= 11 is 0. The number of fused-ring (bicyclic) bond motifs is 1. The molecule has 0 saturated carbocycles. The molecule has 33 heavy (non-hydrogen) atoms. The molecule has 0 radical (unpaired) electrons. The van der Waals surface area contributed by atoms with Gasteiger partial charge < -0.3 is 14.6 Å². The number of para-hydroxylation sites is 1. The Hall–Kier alpha value is -3.90. The van der Waals surface area contributed by atoms with Crippen LogP contribution in [0.5, 0.6) is 0 Å². The van der Waals surface area contributed by atoms with Crippen LogP contribution >= 0.6 is 0 Å². The molecule has 0 spiro atoms. The Bertz CT molecular complexity index is 1230. The number of carbonyl (C=O) groups excluding carboxylic acids is 2. The van der Waals surface area contributed by atoms with Gasteiger partial charge in [-0.1, -0.05) is 48.5 Å². The summed E-state index contributed by atoms with van der Waals surface area (Å²) in [5, 5.41) is 7.28. The van der Waals surface area contributed by atoms with Crippen LogP contribution in [0, 0.1) is 0 Å². The van der Waals surface area contributed by atoms with Crippen LogP contribution in [-0.4, -0.2) is 24.9 Å². The largest absolute Gasteiger partial charge is 0.459 e. The van der Waals surface area contributed by atoms with Gasteiger partial charge in [-0.15, -0.1) is 0 Å². The first-order valence-corrected chi connectivity index (χ1v) is 11.1. The molecule has 1 aromatic heterocycles.